The minimum atomic E-state index is -1.79. The van der Waals surface area contributed by atoms with Crippen molar-refractivity contribution in [2.24, 2.45) is 11.3 Å². The monoisotopic (exact) mass is 280 g/mol. The Morgan fingerprint density at radius 3 is 2.42 bits per heavy atom. The van der Waals surface area contributed by atoms with E-state index < -0.39 is 8.32 Å². The first-order valence-corrected chi connectivity index (χ1v) is 10.3. The fourth-order valence-corrected chi connectivity index (χ4v) is 4.49. The van der Waals surface area contributed by atoms with Gasteiger partial charge in [0, 0.05) is 6.42 Å². The quantitative estimate of drug-likeness (QED) is 0.704. The molecule has 1 fully saturated rings. The third-order valence-electron chi connectivity index (χ3n) is 5.25. The largest absolute Gasteiger partial charge is 0.410 e. The Balaban J connectivity index is 2.28. The predicted molar refractivity (Wildman–Crippen MR) is 81.7 cm³/mol. The van der Waals surface area contributed by atoms with E-state index in [-0.39, 0.29) is 16.6 Å². The van der Waals surface area contributed by atoms with Crippen molar-refractivity contribution in [1.82, 2.24) is 0 Å². The number of fused-ring (bicyclic) bond motifs is 1. The summed E-state index contributed by atoms with van der Waals surface area (Å²) >= 11 is 0. The van der Waals surface area contributed by atoms with Gasteiger partial charge < -0.3 is 4.43 Å². The Labute approximate surface area is 118 Å². The molecular formula is C16H28O2Si. The van der Waals surface area contributed by atoms with Gasteiger partial charge in [0.25, 0.3) is 0 Å². The number of hydrogen-bond donors (Lipinski definition) is 0. The average molecular weight is 280 g/mol. The van der Waals surface area contributed by atoms with Gasteiger partial charge in [-0.1, -0.05) is 34.6 Å². The van der Waals surface area contributed by atoms with E-state index in [2.05, 4.69) is 47.7 Å². The zero-order valence-corrected chi connectivity index (χ0v) is 14.5. The number of rotatable bonds is 2. The minimum absolute atomic E-state index is 0.143. The van der Waals surface area contributed by atoms with Crippen LogP contribution in [0.1, 0.15) is 47.5 Å². The van der Waals surface area contributed by atoms with Gasteiger partial charge in [0.1, 0.15) is 0 Å². The molecule has 0 amide bonds. The van der Waals surface area contributed by atoms with Gasteiger partial charge in [-0.3, -0.25) is 4.79 Å². The zero-order chi connectivity index (χ0) is 14.6. The fraction of sp³-hybridized carbons (Fsp3) is 0.812. The van der Waals surface area contributed by atoms with Crippen LogP contribution in [0.25, 0.3) is 0 Å². The Bertz CT molecular complexity index is 427. The molecule has 2 nitrogen and oxygen atoms in total. The van der Waals surface area contributed by atoms with Crippen LogP contribution in [0.4, 0.5) is 0 Å². The molecule has 2 aliphatic rings. The molecule has 0 aromatic heterocycles. The smallest absolute Gasteiger partial charge is 0.192 e. The molecule has 0 aliphatic heterocycles. The van der Waals surface area contributed by atoms with E-state index in [1.54, 1.807) is 0 Å². The van der Waals surface area contributed by atoms with Crippen LogP contribution in [-0.4, -0.2) is 20.2 Å². The highest BCUT2D eigenvalue weighted by Crippen LogP contribution is 2.52. The topological polar surface area (TPSA) is 26.3 Å². The van der Waals surface area contributed by atoms with E-state index in [0.717, 1.165) is 6.42 Å². The minimum Gasteiger partial charge on any atom is -0.410 e. The van der Waals surface area contributed by atoms with E-state index in [4.69, 9.17) is 4.43 Å². The van der Waals surface area contributed by atoms with Crippen molar-refractivity contribution in [3.05, 3.63) is 11.6 Å². The van der Waals surface area contributed by atoms with Crippen molar-refractivity contribution in [2.45, 2.75) is 71.7 Å². The average Bonchev–Trinajstić information content (AvgIpc) is 2.61. The van der Waals surface area contributed by atoms with Crippen molar-refractivity contribution >= 4 is 14.1 Å². The summed E-state index contributed by atoms with van der Waals surface area (Å²) in [6.45, 7) is 16.0. The molecule has 0 N–H and O–H groups in total. The van der Waals surface area contributed by atoms with Gasteiger partial charge in [-0.15, -0.1) is 0 Å². The van der Waals surface area contributed by atoms with Gasteiger partial charge in [-0.05, 0) is 47.5 Å². The van der Waals surface area contributed by atoms with Crippen molar-refractivity contribution < 1.29 is 9.22 Å². The summed E-state index contributed by atoms with van der Waals surface area (Å²) in [5.41, 5.74) is 1.44. The molecule has 0 unspecified atom stereocenters. The van der Waals surface area contributed by atoms with Gasteiger partial charge in [0.2, 0.25) is 0 Å². The van der Waals surface area contributed by atoms with Gasteiger partial charge >= 0.3 is 0 Å². The number of hydrogen-bond acceptors (Lipinski definition) is 2. The highest BCUT2D eigenvalue weighted by atomic mass is 28.4. The summed E-state index contributed by atoms with van der Waals surface area (Å²) in [7, 11) is -1.79. The zero-order valence-electron chi connectivity index (χ0n) is 13.5. The fourth-order valence-electron chi connectivity index (χ4n) is 3.10. The van der Waals surface area contributed by atoms with Gasteiger partial charge in [-0.25, -0.2) is 0 Å². The second kappa shape index (κ2) is 4.29. The third-order valence-corrected chi connectivity index (χ3v) is 9.69. The molecular weight excluding hydrogens is 252 g/mol. The lowest BCUT2D eigenvalue weighted by Crippen LogP contribution is -2.46. The Morgan fingerprint density at radius 2 is 1.89 bits per heavy atom. The van der Waals surface area contributed by atoms with E-state index in [9.17, 15) is 4.79 Å². The molecule has 0 heterocycles. The van der Waals surface area contributed by atoms with E-state index in [0.29, 0.717) is 18.1 Å². The third kappa shape index (κ3) is 2.59. The molecule has 2 rings (SSSR count). The van der Waals surface area contributed by atoms with Gasteiger partial charge in [-0.2, -0.15) is 0 Å². The van der Waals surface area contributed by atoms with Crippen LogP contribution in [0.3, 0.4) is 0 Å². The van der Waals surface area contributed by atoms with Crippen LogP contribution in [0.2, 0.25) is 18.1 Å². The Morgan fingerprint density at radius 1 is 1.32 bits per heavy atom. The molecule has 19 heavy (non-hydrogen) atoms. The Kier molecular flexibility index (Phi) is 3.38. The SMILES string of the molecule is CC1(C)C[C@@H]2CC(=O)C=C2[C@@H]1O[Si](C)(C)C(C)(C)C. The van der Waals surface area contributed by atoms with Crippen molar-refractivity contribution in [3.63, 3.8) is 0 Å². The van der Waals surface area contributed by atoms with Crippen molar-refractivity contribution in [1.29, 1.82) is 0 Å². The number of allylic oxidation sites excluding steroid dienone is 1. The summed E-state index contributed by atoms with van der Waals surface area (Å²) in [5.74, 6) is 0.733. The molecule has 2 aliphatic carbocycles. The summed E-state index contributed by atoms with van der Waals surface area (Å²) in [6.07, 6.45) is 3.81. The standard InChI is InChI=1S/C16H28O2Si/c1-15(2,3)19(6,7)18-14-13-9-12(17)8-11(13)10-16(14,4)5/h9,11,14H,8,10H2,1-7H3/t11-,14-/m0/s1. The second-order valence-corrected chi connectivity index (χ2v) is 13.2. The van der Waals surface area contributed by atoms with Crippen LogP contribution < -0.4 is 0 Å². The van der Waals surface area contributed by atoms with Crippen LogP contribution in [0, 0.1) is 11.3 Å². The maximum Gasteiger partial charge on any atom is 0.192 e. The highest BCUT2D eigenvalue weighted by molar-refractivity contribution is 6.74. The summed E-state index contributed by atoms with van der Waals surface area (Å²) in [5, 5.41) is 0.213. The van der Waals surface area contributed by atoms with E-state index in [1.807, 2.05) is 6.08 Å². The van der Waals surface area contributed by atoms with Crippen molar-refractivity contribution in [3.8, 4) is 0 Å². The molecule has 2 atom stereocenters. The van der Waals surface area contributed by atoms with Gasteiger partial charge in [0.15, 0.2) is 14.1 Å². The van der Waals surface area contributed by atoms with E-state index in [1.165, 1.54) is 5.57 Å². The highest BCUT2D eigenvalue weighted by Gasteiger charge is 2.51. The first-order valence-electron chi connectivity index (χ1n) is 7.36. The molecule has 0 spiro atoms. The predicted octanol–water partition coefficient (Wildman–Crippen LogP) is 4.32. The number of carbonyl (C=O) groups is 1. The van der Waals surface area contributed by atoms with Crippen LogP contribution in [0.5, 0.6) is 0 Å². The van der Waals surface area contributed by atoms with E-state index >= 15 is 0 Å². The maximum atomic E-state index is 11.7. The first kappa shape index (κ1) is 15.0. The van der Waals surface area contributed by atoms with Crippen molar-refractivity contribution in [2.75, 3.05) is 0 Å². The maximum absolute atomic E-state index is 11.7. The van der Waals surface area contributed by atoms with Crippen LogP contribution in [-0.2, 0) is 9.22 Å². The molecule has 3 heteroatoms. The number of carbonyl (C=O) groups excluding carboxylic acids is 1. The molecule has 1 saturated carbocycles. The molecule has 108 valence electrons. The lowest BCUT2D eigenvalue weighted by Gasteiger charge is -2.42. The van der Waals surface area contributed by atoms with Crippen LogP contribution >= 0.6 is 0 Å². The Hall–Kier alpha value is -0.413. The molecule has 0 aromatic rings. The van der Waals surface area contributed by atoms with Gasteiger partial charge in [0.05, 0.1) is 6.10 Å². The summed E-state index contributed by atoms with van der Waals surface area (Å²) in [4.78, 5) is 11.7. The summed E-state index contributed by atoms with van der Waals surface area (Å²) < 4.78 is 6.66. The molecule has 0 radical (unpaired) electrons. The number of ketones is 1. The molecule has 0 saturated heterocycles. The van der Waals surface area contributed by atoms with Crippen LogP contribution in [0.15, 0.2) is 11.6 Å². The lowest BCUT2D eigenvalue weighted by molar-refractivity contribution is -0.114. The molecule has 0 bridgehead atoms. The lowest BCUT2D eigenvalue weighted by atomic mass is 9.87. The summed E-state index contributed by atoms with van der Waals surface area (Å²) in [6, 6.07) is 0. The normalized spacial score (nSPS) is 30.5. The first-order chi connectivity index (χ1) is 8.44. The second-order valence-electron chi connectivity index (χ2n) is 8.46. The molecule has 0 aromatic carbocycles.